The smallest absolute Gasteiger partial charge is 0.219 e. The summed E-state index contributed by atoms with van der Waals surface area (Å²) in [4.78, 5) is 22.4. The average Bonchev–Trinajstić information content (AvgIpc) is 3.29. The molecule has 4 aromatic rings. The minimum Gasteiger partial charge on any atom is -0.395 e. The molecule has 170 valence electrons. The Morgan fingerprint density at radius 3 is 2.73 bits per heavy atom. The molecule has 0 unspecified atom stereocenters. The first-order valence-electron chi connectivity index (χ1n) is 10.5. The number of nitrogen functional groups attached to an aromatic ring is 1. The van der Waals surface area contributed by atoms with Gasteiger partial charge in [0.15, 0.2) is 11.6 Å². The van der Waals surface area contributed by atoms with Crippen molar-refractivity contribution in [3.8, 4) is 21.8 Å². The van der Waals surface area contributed by atoms with Gasteiger partial charge in [-0.05, 0) is 35.7 Å². The summed E-state index contributed by atoms with van der Waals surface area (Å²) < 4.78 is 9.74. The first kappa shape index (κ1) is 22.0. The molecular weight excluding hydrogens is 458 g/mol. The van der Waals surface area contributed by atoms with Crippen LogP contribution in [0.4, 0.5) is 11.8 Å². The van der Waals surface area contributed by atoms with Gasteiger partial charge < -0.3 is 20.5 Å². The van der Waals surface area contributed by atoms with Gasteiger partial charge in [-0.3, -0.25) is 4.72 Å². The number of hydrogen-bond acceptors (Lipinski definition) is 11. The lowest BCUT2D eigenvalue weighted by molar-refractivity contribution is 0.122. The fourth-order valence-corrected chi connectivity index (χ4v) is 5.33. The van der Waals surface area contributed by atoms with Gasteiger partial charge in [0.1, 0.15) is 0 Å². The molecule has 0 spiro atoms. The number of nitrogens with two attached hydrogens (primary N) is 1. The predicted molar refractivity (Wildman–Crippen MR) is 132 cm³/mol. The third-order valence-electron chi connectivity index (χ3n) is 5.12. The molecule has 33 heavy (non-hydrogen) atoms. The standard InChI is InChI=1S/C22H23N7O2S2/c23-22-24-12-15(13-25-22)20-27-17-11-18(14-2-1-3-16(10-14)33-26-4-7-30)32-19(17)21(28-20)29-5-8-31-9-6-29/h1-3,10-13,26,30H,4-9H2,(H2,23,24,25). The number of thiophene rings is 1. The molecular formula is C22H23N7O2S2. The maximum atomic E-state index is 9.00. The van der Waals surface area contributed by atoms with Crippen LogP contribution in [0.15, 0.2) is 47.6 Å². The molecule has 11 heteroatoms. The maximum absolute atomic E-state index is 9.00. The van der Waals surface area contributed by atoms with Crippen LogP contribution in [0.3, 0.4) is 0 Å². The minimum atomic E-state index is 0.105. The van der Waals surface area contributed by atoms with Gasteiger partial charge in [0, 0.05) is 41.8 Å². The second-order valence-corrected chi connectivity index (χ2v) is 9.39. The Labute approximate surface area is 199 Å². The topological polar surface area (TPSA) is 122 Å². The van der Waals surface area contributed by atoms with E-state index in [0.717, 1.165) is 50.0 Å². The zero-order valence-corrected chi connectivity index (χ0v) is 19.4. The van der Waals surface area contributed by atoms with Crippen LogP contribution >= 0.6 is 23.3 Å². The Hall–Kier alpha value is -2.83. The summed E-state index contributed by atoms with van der Waals surface area (Å²) >= 11 is 3.19. The van der Waals surface area contributed by atoms with Crippen LogP contribution in [0.25, 0.3) is 32.0 Å². The van der Waals surface area contributed by atoms with E-state index in [1.54, 1.807) is 23.7 Å². The number of aliphatic hydroxyl groups excluding tert-OH is 1. The van der Waals surface area contributed by atoms with Gasteiger partial charge in [-0.15, -0.1) is 11.3 Å². The Morgan fingerprint density at radius 2 is 1.94 bits per heavy atom. The van der Waals surface area contributed by atoms with Crippen molar-refractivity contribution in [2.45, 2.75) is 4.90 Å². The number of hydrogen-bond donors (Lipinski definition) is 3. The molecule has 0 bridgehead atoms. The number of anilines is 2. The van der Waals surface area contributed by atoms with E-state index in [9.17, 15) is 0 Å². The number of fused-ring (bicyclic) bond motifs is 1. The lowest BCUT2D eigenvalue weighted by Crippen LogP contribution is -2.36. The second kappa shape index (κ2) is 9.98. The molecule has 5 rings (SSSR count). The molecule has 0 amide bonds. The summed E-state index contributed by atoms with van der Waals surface area (Å²) in [7, 11) is 0. The Balaban J connectivity index is 1.57. The Bertz CT molecular complexity index is 1240. The summed E-state index contributed by atoms with van der Waals surface area (Å²) in [6, 6.07) is 10.4. The zero-order valence-electron chi connectivity index (χ0n) is 17.8. The SMILES string of the molecule is Nc1ncc(-c2nc(N3CCOCC3)c3sc(-c4cccc(SNCCO)c4)cc3n2)cn1. The van der Waals surface area contributed by atoms with Gasteiger partial charge in [-0.25, -0.2) is 19.9 Å². The molecule has 0 atom stereocenters. The molecule has 1 saturated heterocycles. The van der Waals surface area contributed by atoms with E-state index >= 15 is 0 Å². The van der Waals surface area contributed by atoms with Crippen LogP contribution in [-0.4, -0.2) is 64.5 Å². The van der Waals surface area contributed by atoms with Gasteiger partial charge in [0.2, 0.25) is 5.95 Å². The number of benzene rings is 1. The lowest BCUT2D eigenvalue weighted by atomic mass is 10.2. The maximum Gasteiger partial charge on any atom is 0.219 e. The number of aromatic nitrogens is 4. The number of nitrogens with one attached hydrogen (secondary N) is 1. The quantitative estimate of drug-likeness (QED) is 0.268. The van der Waals surface area contributed by atoms with Crippen LogP contribution in [0.2, 0.25) is 0 Å². The number of morpholine rings is 1. The third kappa shape index (κ3) is 4.92. The van der Waals surface area contributed by atoms with Gasteiger partial charge in [0.05, 0.1) is 35.6 Å². The lowest BCUT2D eigenvalue weighted by Gasteiger charge is -2.28. The monoisotopic (exact) mass is 481 g/mol. The van der Waals surface area contributed by atoms with Crippen molar-refractivity contribution >= 4 is 45.3 Å². The molecule has 3 aromatic heterocycles. The molecule has 4 N–H and O–H groups in total. The van der Waals surface area contributed by atoms with E-state index in [0.29, 0.717) is 25.6 Å². The van der Waals surface area contributed by atoms with Crippen molar-refractivity contribution in [3.05, 3.63) is 42.7 Å². The highest BCUT2D eigenvalue weighted by Crippen LogP contribution is 2.39. The normalized spacial score (nSPS) is 14.2. The van der Waals surface area contributed by atoms with Gasteiger partial charge >= 0.3 is 0 Å². The fourth-order valence-electron chi connectivity index (χ4n) is 3.52. The molecule has 9 nitrogen and oxygen atoms in total. The number of aliphatic hydroxyl groups is 1. The number of rotatable bonds is 7. The van der Waals surface area contributed by atoms with Crippen molar-refractivity contribution in [2.24, 2.45) is 0 Å². The largest absolute Gasteiger partial charge is 0.395 e. The van der Waals surface area contributed by atoms with Crippen LogP contribution in [0.5, 0.6) is 0 Å². The molecule has 0 aliphatic carbocycles. The van der Waals surface area contributed by atoms with E-state index in [4.69, 9.17) is 25.5 Å². The molecule has 1 aliphatic heterocycles. The minimum absolute atomic E-state index is 0.105. The number of ether oxygens (including phenoxy) is 1. The summed E-state index contributed by atoms with van der Waals surface area (Å²) in [5.41, 5.74) is 8.38. The first-order valence-corrected chi connectivity index (χ1v) is 12.2. The van der Waals surface area contributed by atoms with Gasteiger partial charge in [-0.2, -0.15) is 0 Å². The second-order valence-electron chi connectivity index (χ2n) is 7.37. The van der Waals surface area contributed by atoms with Crippen molar-refractivity contribution in [1.82, 2.24) is 24.7 Å². The van der Waals surface area contributed by atoms with E-state index in [1.807, 2.05) is 12.1 Å². The van der Waals surface area contributed by atoms with E-state index < -0.39 is 0 Å². The van der Waals surface area contributed by atoms with Crippen molar-refractivity contribution in [3.63, 3.8) is 0 Å². The van der Waals surface area contributed by atoms with Crippen LogP contribution in [0, 0.1) is 0 Å². The molecule has 0 saturated carbocycles. The van der Waals surface area contributed by atoms with Crippen molar-refractivity contribution < 1.29 is 9.84 Å². The van der Waals surface area contributed by atoms with Crippen LogP contribution < -0.4 is 15.4 Å². The first-order chi connectivity index (χ1) is 16.2. The van der Waals surface area contributed by atoms with Gasteiger partial charge in [-0.1, -0.05) is 12.1 Å². The number of nitrogens with zero attached hydrogens (tertiary/aromatic N) is 5. The summed E-state index contributed by atoms with van der Waals surface area (Å²) in [6.45, 7) is 3.54. The van der Waals surface area contributed by atoms with Gasteiger partial charge in [0.25, 0.3) is 0 Å². The third-order valence-corrected chi connectivity index (χ3v) is 7.12. The average molecular weight is 482 g/mol. The van der Waals surface area contributed by atoms with Crippen molar-refractivity contribution in [2.75, 3.05) is 50.1 Å². The molecule has 1 aromatic carbocycles. The highest BCUT2D eigenvalue weighted by atomic mass is 32.2. The zero-order chi connectivity index (χ0) is 22.6. The molecule has 1 aliphatic rings. The van der Waals surface area contributed by atoms with Crippen LogP contribution in [-0.2, 0) is 4.74 Å². The summed E-state index contributed by atoms with van der Waals surface area (Å²) in [5.74, 6) is 1.70. The summed E-state index contributed by atoms with van der Waals surface area (Å²) in [5, 5.41) is 9.00. The van der Waals surface area contributed by atoms with E-state index in [1.165, 1.54) is 11.9 Å². The summed E-state index contributed by atoms with van der Waals surface area (Å²) in [6.07, 6.45) is 3.31. The predicted octanol–water partition coefficient (Wildman–Crippen LogP) is 2.82. The van der Waals surface area contributed by atoms with Crippen LogP contribution in [0.1, 0.15) is 0 Å². The van der Waals surface area contributed by atoms with Crippen molar-refractivity contribution in [1.29, 1.82) is 0 Å². The highest BCUT2D eigenvalue weighted by molar-refractivity contribution is 7.97. The fraction of sp³-hybridized carbons (Fsp3) is 0.273. The van der Waals surface area contributed by atoms with E-state index in [-0.39, 0.29) is 12.6 Å². The van der Waals surface area contributed by atoms with E-state index in [2.05, 4.69) is 37.8 Å². The Kier molecular flexibility index (Phi) is 6.65. The molecule has 0 radical (unpaired) electrons. The highest BCUT2D eigenvalue weighted by Gasteiger charge is 2.21. The Morgan fingerprint density at radius 1 is 1.12 bits per heavy atom. The molecule has 4 heterocycles. The molecule has 1 fully saturated rings.